The van der Waals surface area contributed by atoms with E-state index in [1.54, 1.807) is 18.2 Å². The third kappa shape index (κ3) is 3.79. The van der Waals surface area contributed by atoms with E-state index in [4.69, 9.17) is 26.4 Å². The molecule has 1 amide bonds. The smallest absolute Gasteiger partial charge is 0.234 e. The summed E-state index contributed by atoms with van der Waals surface area (Å²) in [6, 6.07) is 5.09. The molecule has 0 fully saturated rings. The highest BCUT2D eigenvalue weighted by Gasteiger charge is 2.14. The summed E-state index contributed by atoms with van der Waals surface area (Å²) in [5, 5.41) is 9.95. The first kappa shape index (κ1) is 14.0. The van der Waals surface area contributed by atoms with Gasteiger partial charge in [-0.3, -0.25) is 10.2 Å². The molecule has 2 rings (SSSR count). The first-order valence-electron chi connectivity index (χ1n) is 5.55. The Balaban J connectivity index is 1.86. The molecule has 8 nitrogen and oxygen atoms in total. The molecule has 1 heterocycles. The summed E-state index contributed by atoms with van der Waals surface area (Å²) in [6.07, 6.45) is 0. The van der Waals surface area contributed by atoms with Gasteiger partial charge in [0.25, 0.3) is 0 Å². The fourth-order valence-corrected chi connectivity index (χ4v) is 1.96. The lowest BCUT2D eigenvalue weighted by Gasteiger charge is -2.05. The van der Waals surface area contributed by atoms with E-state index in [-0.39, 0.29) is 29.6 Å². The second kappa shape index (κ2) is 6.15. The van der Waals surface area contributed by atoms with Crippen molar-refractivity contribution in [2.75, 3.05) is 17.9 Å². The molecule has 0 unspecified atom stereocenters. The molecule has 106 valence electrons. The summed E-state index contributed by atoms with van der Waals surface area (Å²) in [5.74, 6) is 0.781. The number of nitrogens with one attached hydrogen (secondary N) is 2. The number of nitrogens with two attached hydrogens (primary N) is 2. The number of benzene rings is 1. The van der Waals surface area contributed by atoms with Crippen molar-refractivity contribution in [3.8, 4) is 11.5 Å². The van der Waals surface area contributed by atoms with Crippen LogP contribution in [0.4, 0.5) is 5.69 Å². The van der Waals surface area contributed by atoms with Crippen molar-refractivity contribution in [1.29, 1.82) is 5.41 Å². The minimum Gasteiger partial charge on any atom is -0.454 e. The minimum absolute atomic E-state index is 0.0318. The molecule has 0 saturated heterocycles. The van der Waals surface area contributed by atoms with Gasteiger partial charge < -0.3 is 26.3 Å². The van der Waals surface area contributed by atoms with Crippen molar-refractivity contribution in [3.63, 3.8) is 0 Å². The van der Waals surface area contributed by atoms with Gasteiger partial charge >= 0.3 is 0 Å². The van der Waals surface area contributed by atoms with Crippen LogP contribution >= 0.6 is 11.8 Å². The molecule has 1 aromatic rings. The van der Waals surface area contributed by atoms with Crippen LogP contribution < -0.4 is 26.3 Å². The van der Waals surface area contributed by atoms with Gasteiger partial charge in [-0.05, 0) is 12.1 Å². The first-order chi connectivity index (χ1) is 9.54. The Hall–Kier alpha value is -2.42. The molecule has 20 heavy (non-hydrogen) atoms. The van der Waals surface area contributed by atoms with E-state index in [2.05, 4.69) is 10.3 Å². The minimum atomic E-state index is -0.274. The highest BCUT2D eigenvalue weighted by molar-refractivity contribution is 8.14. The van der Waals surface area contributed by atoms with Crippen molar-refractivity contribution in [1.82, 2.24) is 0 Å². The molecule has 0 aliphatic carbocycles. The molecule has 6 N–H and O–H groups in total. The van der Waals surface area contributed by atoms with Crippen molar-refractivity contribution in [2.45, 2.75) is 0 Å². The summed E-state index contributed by atoms with van der Waals surface area (Å²) in [5.41, 5.74) is 10.8. The van der Waals surface area contributed by atoms with Crippen molar-refractivity contribution in [3.05, 3.63) is 18.2 Å². The number of ether oxygens (including phenoxy) is 2. The van der Waals surface area contributed by atoms with Crippen LogP contribution in [0, 0.1) is 5.41 Å². The lowest BCUT2D eigenvalue weighted by molar-refractivity contribution is -0.113. The highest BCUT2D eigenvalue weighted by atomic mass is 32.2. The molecule has 0 radical (unpaired) electrons. The predicted octanol–water partition coefficient (Wildman–Crippen LogP) is 0.295. The van der Waals surface area contributed by atoms with Crippen molar-refractivity contribution < 1.29 is 14.3 Å². The fraction of sp³-hybridized carbons (Fsp3) is 0.182. The molecule has 1 aliphatic heterocycles. The van der Waals surface area contributed by atoms with Crippen LogP contribution in [0.25, 0.3) is 0 Å². The van der Waals surface area contributed by atoms with Gasteiger partial charge in [-0.1, -0.05) is 11.8 Å². The lowest BCUT2D eigenvalue weighted by atomic mass is 10.3. The number of rotatable bonds is 3. The zero-order valence-corrected chi connectivity index (χ0v) is 11.2. The number of nitrogens with zero attached hydrogens (tertiary/aromatic N) is 1. The molecule has 0 atom stereocenters. The van der Waals surface area contributed by atoms with Gasteiger partial charge in [-0.15, -0.1) is 0 Å². The summed E-state index contributed by atoms with van der Waals surface area (Å²) in [7, 11) is 0. The van der Waals surface area contributed by atoms with Gasteiger partial charge in [0.1, 0.15) is 0 Å². The van der Waals surface area contributed by atoms with E-state index in [0.717, 1.165) is 11.8 Å². The van der Waals surface area contributed by atoms with E-state index in [1.165, 1.54) is 0 Å². The zero-order valence-electron chi connectivity index (χ0n) is 10.4. The van der Waals surface area contributed by atoms with Crippen LogP contribution in [0.3, 0.4) is 0 Å². The number of carbonyl (C=O) groups excluding carboxylic acids is 1. The molecule has 9 heteroatoms. The van der Waals surface area contributed by atoms with Gasteiger partial charge in [-0.2, -0.15) is 4.99 Å². The van der Waals surface area contributed by atoms with Gasteiger partial charge in [-0.25, -0.2) is 0 Å². The molecular weight excluding hydrogens is 282 g/mol. The predicted molar refractivity (Wildman–Crippen MR) is 77.2 cm³/mol. The number of guanidine groups is 1. The quantitative estimate of drug-likeness (QED) is 0.467. The standard InChI is InChI=1S/C11H13N5O3S/c12-10(13)16-11(14)20-4-9(17)15-6-1-2-7-8(3-6)19-5-18-7/h1-3H,4-5H2,(H,15,17)(H5,12,13,14,16). The van der Waals surface area contributed by atoms with Crippen LogP contribution in [-0.2, 0) is 4.79 Å². The van der Waals surface area contributed by atoms with Crippen LogP contribution in [-0.4, -0.2) is 29.6 Å². The number of amides is 1. The molecular formula is C11H13N5O3S. The third-order valence-electron chi connectivity index (χ3n) is 2.23. The highest BCUT2D eigenvalue weighted by Crippen LogP contribution is 2.34. The lowest BCUT2D eigenvalue weighted by Crippen LogP contribution is -2.24. The zero-order chi connectivity index (χ0) is 14.5. The Labute approximate surface area is 119 Å². The number of hydrogen-bond acceptors (Lipinski definition) is 5. The van der Waals surface area contributed by atoms with Crippen molar-refractivity contribution in [2.24, 2.45) is 16.5 Å². The van der Waals surface area contributed by atoms with Gasteiger partial charge in [0, 0.05) is 11.8 Å². The summed E-state index contributed by atoms with van der Waals surface area (Å²) < 4.78 is 10.4. The van der Waals surface area contributed by atoms with Crippen LogP contribution in [0.15, 0.2) is 23.2 Å². The largest absolute Gasteiger partial charge is 0.454 e. The maximum Gasteiger partial charge on any atom is 0.234 e. The second-order valence-electron chi connectivity index (χ2n) is 3.75. The van der Waals surface area contributed by atoms with E-state index >= 15 is 0 Å². The van der Waals surface area contributed by atoms with Gasteiger partial charge in [0.05, 0.1) is 5.75 Å². The number of amidine groups is 1. The Morgan fingerprint density at radius 1 is 1.40 bits per heavy atom. The normalized spacial score (nSPS) is 11.8. The van der Waals surface area contributed by atoms with Gasteiger partial charge in [0.15, 0.2) is 22.6 Å². The number of thioether (sulfide) groups is 1. The van der Waals surface area contributed by atoms with E-state index in [1.807, 2.05) is 0 Å². The number of hydrogen-bond donors (Lipinski definition) is 4. The maximum absolute atomic E-state index is 11.7. The van der Waals surface area contributed by atoms with Crippen LogP contribution in [0.2, 0.25) is 0 Å². The van der Waals surface area contributed by atoms with Crippen LogP contribution in [0.5, 0.6) is 11.5 Å². The summed E-state index contributed by atoms with van der Waals surface area (Å²) in [6.45, 7) is 0.179. The topological polar surface area (TPSA) is 136 Å². The molecule has 0 spiro atoms. The maximum atomic E-state index is 11.7. The number of fused-ring (bicyclic) bond motifs is 1. The Kier molecular flexibility index (Phi) is 4.31. The third-order valence-corrected chi connectivity index (χ3v) is 3.00. The SMILES string of the molecule is N=C(N=C(N)N)SCC(=O)Nc1ccc2c(c1)OCO2. The Morgan fingerprint density at radius 2 is 2.15 bits per heavy atom. The van der Waals surface area contributed by atoms with E-state index in [0.29, 0.717) is 17.2 Å². The Bertz CT molecular complexity index is 571. The molecule has 0 aromatic heterocycles. The average Bonchev–Trinajstić information content (AvgIpc) is 2.83. The first-order valence-corrected chi connectivity index (χ1v) is 6.53. The van der Waals surface area contributed by atoms with Crippen LogP contribution in [0.1, 0.15) is 0 Å². The fourth-order valence-electron chi connectivity index (χ4n) is 1.45. The summed E-state index contributed by atoms with van der Waals surface area (Å²) in [4.78, 5) is 15.2. The molecule has 0 bridgehead atoms. The second-order valence-corrected chi connectivity index (χ2v) is 4.71. The molecule has 0 saturated carbocycles. The average molecular weight is 295 g/mol. The number of aliphatic imine (C=N–C) groups is 1. The van der Waals surface area contributed by atoms with E-state index < -0.39 is 0 Å². The molecule has 1 aliphatic rings. The van der Waals surface area contributed by atoms with E-state index in [9.17, 15) is 4.79 Å². The number of anilines is 1. The molecule has 1 aromatic carbocycles. The monoisotopic (exact) mass is 295 g/mol. The van der Waals surface area contributed by atoms with Crippen molar-refractivity contribution >= 4 is 34.5 Å². The number of carbonyl (C=O) groups is 1. The Morgan fingerprint density at radius 3 is 2.90 bits per heavy atom. The summed E-state index contributed by atoms with van der Waals surface area (Å²) >= 11 is 0.925. The van der Waals surface area contributed by atoms with Gasteiger partial charge in [0.2, 0.25) is 12.7 Å².